The number of esters is 3. The summed E-state index contributed by atoms with van der Waals surface area (Å²) in [6.07, 6.45) is 1.20. The van der Waals surface area contributed by atoms with Gasteiger partial charge in [0.2, 0.25) is 5.91 Å². The molecule has 4 aliphatic rings. The van der Waals surface area contributed by atoms with Gasteiger partial charge in [-0.05, 0) is 46.2 Å². The van der Waals surface area contributed by atoms with E-state index >= 15 is 0 Å². The number of ether oxygens (including phenoxy) is 3. The van der Waals surface area contributed by atoms with Gasteiger partial charge in [0.15, 0.2) is 0 Å². The van der Waals surface area contributed by atoms with E-state index in [1.54, 1.807) is 0 Å². The van der Waals surface area contributed by atoms with Crippen LogP contribution in [-0.2, 0) is 46.2 Å². The van der Waals surface area contributed by atoms with Crippen molar-refractivity contribution in [1.82, 2.24) is 5.32 Å². The smallest absolute Gasteiger partial charge is 0.335 e. The van der Waals surface area contributed by atoms with Crippen molar-refractivity contribution in [1.29, 1.82) is 0 Å². The lowest BCUT2D eigenvalue weighted by molar-refractivity contribution is -0.151. The van der Waals surface area contributed by atoms with Gasteiger partial charge >= 0.3 is 17.9 Å². The Balaban J connectivity index is 1.72. The van der Waals surface area contributed by atoms with E-state index in [1.807, 2.05) is 30.3 Å². The minimum atomic E-state index is -1.16. The molecule has 6 rings (SSSR count). The van der Waals surface area contributed by atoms with Crippen LogP contribution in [0.3, 0.4) is 0 Å². The summed E-state index contributed by atoms with van der Waals surface area (Å²) in [7, 11) is 3.91. The maximum Gasteiger partial charge on any atom is 0.335 e. The van der Waals surface area contributed by atoms with Crippen molar-refractivity contribution in [3.8, 4) is 0 Å². The minimum Gasteiger partial charge on any atom is -0.467 e. The standard InChI is InChI=1S/C28H27NO7/c1-14(30)29-28(27(33)36-4)10-9-15-11-19-20(12-16(15)13-28)22-18-8-6-5-7-17(18)21(19)23(25(31)34-2)24(22)26(32)35-3/h5-8,11-12,21-22H,9-10,13H2,1-4H3,(H,29,30)/t21-,22+,28?/m0/s1. The molecule has 0 radical (unpaired) electrons. The molecule has 1 N–H and O–H groups in total. The summed E-state index contributed by atoms with van der Waals surface area (Å²) < 4.78 is 15.3. The fraction of sp³-hybridized carbons (Fsp3) is 0.357. The van der Waals surface area contributed by atoms with Crippen LogP contribution in [0, 0.1) is 0 Å². The lowest BCUT2D eigenvalue weighted by Gasteiger charge is -2.43. The number of fused-ring (bicyclic) bond motifs is 1. The van der Waals surface area contributed by atoms with Crippen molar-refractivity contribution >= 4 is 23.8 Å². The van der Waals surface area contributed by atoms with E-state index < -0.39 is 35.3 Å². The number of carbonyl (C=O) groups is 4. The number of benzene rings is 2. The van der Waals surface area contributed by atoms with Crippen LogP contribution in [0.2, 0.25) is 0 Å². The zero-order valence-electron chi connectivity index (χ0n) is 20.6. The molecular formula is C28H27NO7. The fourth-order valence-electron chi connectivity index (χ4n) is 6.23. The third-order valence-corrected chi connectivity index (χ3v) is 7.63. The SMILES string of the molecule is COC(=O)C1=C(C(=O)OC)[C@H]2c3ccccc3[C@@H]1c1cc3c(cc12)CCC(NC(C)=O)(C(=O)OC)C3. The molecule has 0 aliphatic heterocycles. The van der Waals surface area contributed by atoms with Gasteiger partial charge in [-0.3, -0.25) is 4.79 Å². The van der Waals surface area contributed by atoms with E-state index in [0.29, 0.717) is 18.4 Å². The quantitative estimate of drug-likeness (QED) is 0.519. The molecule has 4 aliphatic carbocycles. The number of hydrogen-bond acceptors (Lipinski definition) is 7. The molecule has 2 aromatic carbocycles. The largest absolute Gasteiger partial charge is 0.467 e. The highest BCUT2D eigenvalue weighted by atomic mass is 16.5. The van der Waals surface area contributed by atoms with E-state index in [9.17, 15) is 19.2 Å². The first kappa shape index (κ1) is 23.8. The average Bonchev–Trinajstić information content (AvgIpc) is 2.89. The third kappa shape index (κ3) is 3.35. The predicted molar refractivity (Wildman–Crippen MR) is 128 cm³/mol. The molecule has 1 unspecified atom stereocenters. The summed E-state index contributed by atoms with van der Waals surface area (Å²) in [5.74, 6) is -2.94. The topological polar surface area (TPSA) is 108 Å². The molecule has 0 saturated carbocycles. The zero-order valence-corrected chi connectivity index (χ0v) is 20.6. The highest BCUT2D eigenvalue weighted by molar-refractivity contribution is 6.06. The first-order valence-corrected chi connectivity index (χ1v) is 11.8. The molecule has 0 fully saturated rings. The van der Waals surface area contributed by atoms with Crippen LogP contribution in [0.15, 0.2) is 47.5 Å². The maximum absolute atomic E-state index is 13.1. The molecule has 0 heterocycles. The normalized spacial score (nSPS) is 23.1. The summed E-state index contributed by atoms with van der Waals surface area (Å²) in [5, 5.41) is 2.82. The summed E-state index contributed by atoms with van der Waals surface area (Å²) in [4.78, 5) is 50.8. The Morgan fingerprint density at radius 2 is 1.33 bits per heavy atom. The molecule has 1 amide bonds. The van der Waals surface area contributed by atoms with Crippen LogP contribution < -0.4 is 5.32 Å². The van der Waals surface area contributed by atoms with Gasteiger partial charge in [0, 0.05) is 25.2 Å². The molecule has 36 heavy (non-hydrogen) atoms. The summed E-state index contributed by atoms with van der Waals surface area (Å²) in [6.45, 7) is 1.38. The number of aryl methyl sites for hydroxylation is 1. The van der Waals surface area contributed by atoms with Gasteiger partial charge in [-0.25, -0.2) is 14.4 Å². The van der Waals surface area contributed by atoms with Crippen LogP contribution in [0.1, 0.15) is 58.6 Å². The first-order chi connectivity index (χ1) is 17.3. The van der Waals surface area contributed by atoms with Crippen LogP contribution in [0.4, 0.5) is 0 Å². The summed E-state index contributed by atoms with van der Waals surface area (Å²) >= 11 is 0. The molecular weight excluding hydrogens is 462 g/mol. The van der Waals surface area contributed by atoms with Gasteiger partial charge in [0.05, 0.1) is 32.5 Å². The summed E-state index contributed by atoms with van der Waals surface area (Å²) in [6, 6.07) is 11.8. The Labute approximate surface area is 208 Å². The van der Waals surface area contributed by atoms with Crippen LogP contribution in [0.5, 0.6) is 0 Å². The van der Waals surface area contributed by atoms with Gasteiger partial charge in [0.1, 0.15) is 5.54 Å². The van der Waals surface area contributed by atoms with Crippen LogP contribution in [0.25, 0.3) is 0 Å². The van der Waals surface area contributed by atoms with Crippen LogP contribution >= 0.6 is 0 Å². The molecule has 0 saturated heterocycles. The van der Waals surface area contributed by atoms with E-state index in [1.165, 1.54) is 28.3 Å². The van der Waals surface area contributed by atoms with Gasteiger partial charge in [-0.15, -0.1) is 0 Å². The van der Waals surface area contributed by atoms with Crippen molar-refractivity contribution in [2.45, 2.75) is 43.6 Å². The molecule has 8 heteroatoms. The maximum atomic E-state index is 13.1. The lowest BCUT2D eigenvalue weighted by Crippen LogP contribution is -2.57. The molecule has 2 aromatic rings. The van der Waals surface area contributed by atoms with Crippen molar-refractivity contribution in [3.63, 3.8) is 0 Å². The molecule has 0 aromatic heterocycles. The number of hydrogen-bond donors (Lipinski definition) is 1. The number of amides is 1. The van der Waals surface area contributed by atoms with E-state index in [0.717, 1.165) is 33.4 Å². The predicted octanol–water partition coefficient (Wildman–Crippen LogP) is 2.46. The number of methoxy groups -OCH3 is 3. The van der Waals surface area contributed by atoms with Crippen molar-refractivity contribution < 1.29 is 33.4 Å². The third-order valence-electron chi connectivity index (χ3n) is 7.63. The number of rotatable bonds is 4. The Morgan fingerprint density at radius 3 is 1.81 bits per heavy atom. The fourth-order valence-corrected chi connectivity index (χ4v) is 6.23. The second kappa shape index (κ2) is 8.62. The highest BCUT2D eigenvalue weighted by Gasteiger charge is 2.50. The molecule has 3 atom stereocenters. The van der Waals surface area contributed by atoms with Gasteiger partial charge in [0.25, 0.3) is 0 Å². The number of carbonyl (C=O) groups excluding carboxylic acids is 4. The van der Waals surface area contributed by atoms with Gasteiger partial charge < -0.3 is 19.5 Å². The van der Waals surface area contributed by atoms with Gasteiger partial charge in [-0.2, -0.15) is 0 Å². The number of nitrogens with one attached hydrogen (secondary N) is 1. The monoisotopic (exact) mass is 489 g/mol. The second-order valence-electron chi connectivity index (χ2n) is 9.49. The van der Waals surface area contributed by atoms with Crippen molar-refractivity contribution in [3.05, 3.63) is 80.9 Å². The van der Waals surface area contributed by atoms with E-state index in [4.69, 9.17) is 14.2 Å². The Hall–Kier alpha value is -3.94. The molecule has 186 valence electrons. The van der Waals surface area contributed by atoms with E-state index in [-0.39, 0.29) is 17.9 Å². The Bertz CT molecular complexity index is 1360. The highest BCUT2D eigenvalue weighted by Crippen LogP contribution is 2.56. The zero-order chi connectivity index (χ0) is 25.8. The van der Waals surface area contributed by atoms with Crippen molar-refractivity contribution in [2.75, 3.05) is 21.3 Å². The Morgan fingerprint density at radius 1 is 0.806 bits per heavy atom. The summed E-state index contributed by atoms with van der Waals surface area (Å²) in [5.41, 5.74) is 5.06. The van der Waals surface area contributed by atoms with Gasteiger partial charge in [-0.1, -0.05) is 36.4 Å². The molecule has 8 nitrogen and oxygen atoms in total. The minimum absolute atomic E-state index is 0.266. The molecule has 0 spiro atoms. The van der Waals surface area contributed by atoms with Crippen molar-refractivity contribution in [2.24, 2.45) is 0 Å². The second-order valence-corrected chi connectivity index (χ2v) is 9.49. The average molecular weight is 490 g/mol. The van der Waals surface area contributed by atoms with Crippen LogP contribution in [-0.4, -0.2) is 50.7 Å². The Kier molecular flexibility index (Phi) is 5.70. The molecule has 2 bridgehead atoms. The lowest BCUT2D eigenvalue weighted by atomic mass is 9.59. The van der Waals surface area contributed by atoms with E-state index in [2.05, 4.69) is 11.4 Å². The first-order valence-electron chi connectivity index (χ1n) is 11.8.